The predicted molar refractivity (Wildman–Crippen MR) is 91.3 cm³/mol. The molecule has 2 heterocycles. The number of thiophene rings is 1. The molecule has 6 nitrogen and oxygen atoms in total. The summed E-state index contributed by atoms with van der Waals surface area (Å²) in [5.74, 6) is -0.472. The Hall–Kier alpha value is -3.06. The van der Waals surface area contributed by atoms with E-state index in [2.05, 4.69) is 10.6 Å². The van der Waals surface area contributed by atoms with Crippen LogP contribution in [0.4, 0.5) is 10.5 Å². The molecule has 0 aliphatic rings. The number of anilines is 1. The number of urea groups is 1. The molecule has 0 aliphatic carbocycles. The van der Waals surface area contributed by atoms with Crippen molar-refractivity contribution >= 4 is 29.0 Å². The van der Waals surface area contributed by atoms with Gasteiger partial charge in [0.2, 0.25) is 0 Å². The van der Waals surface area contributed by atoms with E-state index in [4.69, 9.17) is 4.42 Å². The van der Waals surface area contributed by atoms with Crippen molar-refractivity contribution < 1.29 is 19.1 Å². The fraction of sp³-hybridized carbons (Fsp3) is 0.0588. The molecule has 0 saturated heterocycles. The second-order valence-corrected chi connectivity index (χ2v) is 5.79. The highest BCUT2D eigenvalue weighted by atomic mass is 32.1. The Morgan fingerprint density at radius 3 is 2.58 bits per heavy atom. The van der Waals surface area contributed by atoms with E-state index < -0.39 is 12.0 Å². The number of aromatic carboxylic acids is 1. The molecule has 0 spiro atoms. The van der Waals surface area contributed by atoms with Crippen molar-refractivity contribution in [1.29, 1.82) is 0 Å². The third-order valence-corrected chi connectivity index (χ3v) is 4.28. The molecule has 0 fully saturated rings. The number of carboxylic acids is 1. The largest absolute Gasteiger partial charge is 0.477 e. The number of carbonyl (C=O) groups is 2. The number of benzene rings is 1. The van der Waals surface area contributed by atoms with E-state index in [1.54, 1.807) is 17.5 Å². The zero-order valence-electron chi connectivity index (χ0n) is 12.5. The van der Waals surface area contributed by atoms with Crippen LogP contribution in [0.3, 0.4) is 0 Å². The van der Waals surface area contributed by atoms with Gasteiger partial charge in [0.25, 0.3) is 0 Å². The van der Waals surface area contributed by atoms with Crippen LogP contribution in [0.2, 0.25) is 0 Å². The van der Waals surface area contributed by atoms with Crippen LogP contribution in [0.1, 0.15) is 15.4 Å². The van der Waals surface area contributed by atoms with E-state index in [-0.39, 0.29) is 17.1 Å². The average molecular weight is 342 g/mol. The normalized spacial score (nSPS) is 10.3. The van der Waals surface area contributed by atoms with Gasteiger partial charge in [0.1, 0.15) is 10.6 Å². The predicted octanol–water partition coefficient (Wildman–Crippen LogP) is 4.03. The van der Waals surface area contributed by atoms with E-state index >= 15 is 0 Å². The molecule has 0 unspecified atom stereocenters. The van der Waals surface area contributed by atoms with E-state index in [0.29, 0.717) is 11.3 Å². The molecule has 0 aliphatic heterocycles. The van der Waals surface area contributed by atoms with Crippen LogP contribution in [-0.4, -0.2) is 17.1 Å². The number of nitrogens with one attached hydrogen (secondary N) is 2. The first-order chi connectivity index (χ1) is 11.6. The first-order valence-electron chi connectivity index (χ1n) is 7.12. The summed E-state index contributed by atoms with van der Waals surface area (Å²) in [5, 5.41) is 16.3. The molecule has 2 amide bonds. The minimum Gasteiger partial charge on any atom is -0.477 e. The molecule has 0 radical (unpaired) electrons. The Kier molecular flexibility index (Phi) is 4.62. The molecule has 0 atom stereocenters. The maximum Gasteiger partial charge on any atom is 0.348 e. The van der Waals surface area contributed by atoms with E-state index in [1.165, 1.54) is 6.26 Å². The van der Waals surface area contributed by atoms with E-state index in [1.807, 2.05) is 30.3 Å². The van der Waals surface area contributed by atoms with Crippen LogP contribution in [-0.2, 0) is 6.54 Å². The molecule has 1 aromatic carbocycles. The van der Waals surface area contributed by atoms with Gasteiger partial charge >= 0.3 is 12.0 Å². The van der Waals surface area contributed by atoms with Crippen LogP contribution >= 0.6 is 11.3 Å². The highest BCUT2D eigenvalue weighted by Crippen LogP contribution is 2.36. The number of hydrogen-bond acceptors (Lipinski definition) is 4. The first kappa shape index (κ1) is 15.8. The molecule has 3 N–H and O–H groups in total. The lowest BCUT2D eigenvalue weighted by Gasteiger charge is -2.09. The average Bonchev–Trinajstić information content (AvgIpc) is 3.23. The second kappa shape index (κ2) is 7.01. The lowest BCUT2D eigenvalue weighted by molar-refractivity contribution is 0.0703. The molecule has 3 aromatic rings. The van der Waals surface area contributed by atoms with Crippen LogP contribution in [0.15, 0.2) is 58.5 Å². The van der Waals surface area contributed by atoms with Crippen molar-refractivity contribution in [2.75, 3.05) is 5.32 Å². The molecule has 122 valence electrons. The summed E-state index contributed by atoms with van der Waals surface area (Å²) in [6.07, 6.45) is 1.52. The van der Waals surface area contributed by atoms with Crippen molar-refractivity contribution in [3.63, 3.8) is 0 Å². The highest BCUT2D eigenvalue weighted by molar-refractivity contribution is 7.13. The van der Waals surface area contributed by atoms with Gasteiger partial charge in [0.05, 0.1) is 18.5 Å². The first-order valence-corrected chi connectivity index (χ1v) is 8.00. The summed E-state index contributed by atoms with van der Waals surface area (Å²) in [4.78, 5) is 23.6. The van der Waals surface area contributed by atoms with Gasteiger partial charge in [0, 0.05) is 10.9 Å². The zero-order chi connectivity index (χ0) is 16.9. The summed E-state index contributed by atoms with van der Waals surface area (Å²) < 4.78 is 5.14. The fourth-order valence-corrected chi connectivity index (χ4v) is 3.08. The SMILES string of the molecule is O=C(NCc1ccco1)Nc1c(-c2ccccc2)csc1C(=O)O. The maximum absolute atomic E-state index is 12.1. The molecule has 3 rings (SSSR count). The molecule has 0 saturated carbocycles. The van der Waals surface area contributed by atoms with Crippen LogP contribution in [0.25, 0.3) is 11.1 Å². The topological polar surface area (TPSA) is 91.6 Å². The van der Waals surface area contributed by atoms with Crippen molar-refractivity contribution in [2.24, 2.45) is 0 Å². The monoisotopic (exact) mass is 342 g/mol. The molecule has 24 heavy (non-hydrogen) atoms. The van der Waals surface area contributed by atoms with Gasteiger partial charge in [-0.25, -0.2) is 9.59 Å². The highest BCUT2D eigenvalue weighted by Gasteiger charge is 2.20. The smallest absolute Gasteiger partial charge is 0.348 e. The van der Waals surface area contributed by atoms with Gasteiger partial charge in [-0.15, -0.1) is 11.3 Å². The summed E-state index contributed by atoms with van der Waals surface area (Å²) in [7, 11) is 0. The van der Waals surface area contributed by atoms with Crippen LogP contribution in [0.5, 0.6) is 0 Å². The lowest BCUT2D eigenvalue weighted by Crippen LogP contribution is -2.28. The quantitative estimate of drug-likeness (QED) is 0.653. The Bertz CT molecular complexity index is 841. The molecular formula is C17H14N2O4S. The number of rotatable bonds is 5. The number of carbonyl (C=O) groups excluding carboxylic acids is 1. The molecule has 7 heteroatoms. The fourth-order valence-electron chi connectivity index (χ4n) is 2.21. The number of carboxylic acid groups (broad SMARTS) is 1. The van der Waals surface area contributed by atoms with Crippen molar-refractivity contribution in [2.45, 2.75) is 6.54 Å². The Labute approximate surface area is 141 Å². The van der Waals surface area contributed by atoms with Crippen molar-refractivity contribution in [3.8, 4) is 11.1 Å². The van der Waals surface area contributed by atoms with Gasteiger partial charge in [-0.2, -0.15) is 0 Å². The standard InChI is InChI=1S/C17H14N2O4S/c20-16(21)15-14(13(10-24-15)11-5-2-1-3-6-11)19-17(22)18-9-12-7-4-8-23-12/h1-8,10H,9H2,(H,20,21)(H2,18,19,22). The van der Waals surface area contributed by atoms with Crippen LogP contribution in [0, 0.1) is 0 Å². The number of amides is 2. The van der Waals surface area contributed by atoms with Gasteiger partial charge in [0.15, 0.2) is 0 Å². The Morgan fingerprint density at radius 1 is 1.12 bits per heavy atom. The second-order valence-electron chi connectivity index (χ2n) is 4.91. The van der Waals surface area contributed by atoms with Crippen molar-refractivity contribution in [3.05, 3.63) is 64.7 Å². The maximum atomic E-state index is 12.1. The summed E-state index contributed by atoms with van der Waals surface area (Å²) in [6, 6.07) is 12.3. The van der Waals surface area contributed by atoms with Crippen LogP contribution < -0.4 is 10.6 Å². The Morgan fingerprint density at radius 2 is 1.92 bits per heavy atom. The lowest BCUT2D eigenvalue weighted by atomic mass is 10.1. The van der Waals surface area contributed by atoms with Crippen molar-refractivity contribution in [1.82, 2.24) is 5.32 Å². The minimum atomic E-state index is -1.08. The molecular weight excluding hydrogens is 328 g/mol. The summed E-state index contributed by atoms with van der Waals surface area (Å²) >= 11 is 1.08. The van der Waals surface area contributed by atoms with Gasteiger partial charge < -0.3 is 20.2 Å². The third-order valence-electron chi connectivity index (χ3n) is 3.31. The zero-order valence-corrected chi connectivity index (χ0v) is 13.3. The van der Waals surface area contributed by atoms with Gasteiger partial charge in [-0.05, 0) is 17.7 Å². The Balaban J connectivity index is 1.81. The summed E-state index contributed by atoms with van der Waals surface area (Å²) in [6.45, 7) is 0.214. The van der Waals surface area contributed by atoms with Gasteiger partial charge in [-0.1, -0.05) is 30.3 Å². The number of hydrogen-bond donors (Lipinski definition) is 3. The van der Waals surface area contributed by atoms with E-state index in [9.17, 15) is 14.7 Å². The third kappa shape index (κ3) is 3.47. The van der Waals surface area contributed by atoms with Gasteiger partial charge in [-0.3, -0.25) is 0 Å². The molecule has 2 aromatic heterocycles. The minimum absolute atomic E-state index is 0.0852. The van der Waals surface area contributed by atoms with E-state index in [0.717, 1.165) is 16.9 Å². The number of furan rings is 1. The molecule has 0 bridgehead atoms. The summed E-state index contributed by atoms with van der Waals surface area (Å²) in [5.41, 5.74) is 1.80.